The molecule has 0 N–H and O–H groups in total. The molecule has 3 aromatic carbocycles. The van der Waals surface area contributed by atoms with Crippen molar-refractivity contribution in [2.45, 2.75) is 0 Å². The maximum Gasteiger partial charge on any atom is 0.270 e. The van der Waals surface area contributed by atoms with Crippen molar-refractivity contribution in [1.82, 2.24) is 0 Å². The van der Waals surface area contributed by atoms with Crippen LogP contribution in [0.3, 0.4) is 0 Å². The third-order valence-corrected chi connectivity index (χ3v) is 6.21. The number of fused-ring (bicyclic) bond motifs is 2. The van der Waals surface area contributed by atoms with Crippen LogP contribution in [0.5, 0.6) is 11.5 Å². The van der Waals surface area contributed by atoms with Gasteiger partial charge >= 0.3 is 0 Å². The fraction of sp³-hybridized carbons (Fsp3) is 0.0476. The third-order valence-electron chi connectivity index (χ3n) is 4.58. The van der Waals surface area contributed by atoms with Gasteiger partial charge in [-0.2, -0.15) is 0 Å². The van der Waals surface area contributed by atoms with Crippen molar-refractivity contribution in [3.63, 3.8) is 0 Å². The Kier molecular flexibility index (Phi) is 4.27. The summed E-state index contributed by atoms with van der Waals surface area (Å²) in [7, 11) is 0. The molecule has 2 aliphatic heterocycles. The van der Waals surface area contributed by atoms with E-state index in [1.165, 1.54) is 11.8 Å². The minimum absolute atomic E-state index is 0.165. The Morgan fingerprint density at radius 1 is 1.07 bits per heavy atom. The Morgan fingerprint density at radius 2 is 1.82 bits per heavy atom. The number of carbonyl (C=O) groups is 1. The molecule has 3 aromatic rings. The Morgan fingerprint density at radius 3 is 2.68 bits per heavy atom. The summed E-state index contributed by atoms with van der Waals surface area (Å²) in [6.45, 7) is 0.165. The Bertz CT molecular complexity index is 1190. The number of rotatable bonds is 2. The molecule has 0 saturated carbocycles. The van der Waals surface area contributed by atoms with Gasteiger partial charge < -0.3 is 9.47 Å². The van der Waals surface area contributed by atoms with Gasteiger partial charge in [0.25, 0.3) is 5.91 Å². The quantitative estimate of drug-likeness (QED) is 0.393. The molecule has 28 heavy (non-hydrogen) atoms. The maximum atomic E-state index is 13.2. The number of thioether (sulfide) groups is 1. The number of anilines is 1. The molecule has 0 atom stereocenters. The first-order valence-electron chi connectivity index (χ1n) is 8.47. The van der Waals surface area contributed by atoms with E-state index in [-0.39, 0.29) is 12.7 Å². The van der Waals surface area contributed by atoms with Gasteiger partial charge in [0.2, 0.25) is 6.79 Å². The molecule has 0 radical (unpaired) electrons. The molecule has 5 rings (SSSR count). The number of hydrogen-bond donors (Lipinski definition) is 0. The minimum atomic E-state index is -0.167. The molecule has 0 spiro atoms. The molecule has 0 unspecified atom stereocenters. The molecule has 4 nitrogen and oxygen atoms in total. The first-order chi connectivity index (χ1) is 13.6. The molecular weight excluding hydrogens is 414 g/mol. The van der Waals surface area contributed by atoms with E-state index in [2.05, 4.69) is 0 Å². The molecule has 0 aromatic heterocycles. The second-order valence-corrected chi connectivity index (χ2v) is 8.33. The van der Waals surface area contributed by atoms with Crippen molar-refractivity contribution in [3.8, 4) is 11.5 Å². The van der Waals surface area contributed by atoms with Gasteiger partial charge in [-0.1, -0.05) is 72.0 Å². The number of hydrogen-bond acceptors (Lipinski definition) is 5. The second kappa shape index (κ2) is 6.81. The van der Waals surface area contributed by atoms with Crippen molar-refractivity contribution in [2.24, 2.45) is 0 Å². The van der Waals surface area contributed by atoms with Crippen LogP contribution in [0.4, 0.5) is 5.69 Å². The van der Waals surface area contributed by atoms with Gasteiger partial charge in [-0.25, -0.2) is 0 Å². The van der Waals surface area contributed by atoms with Crippen molar-refractivity contribution < 1.29 is 14.3 Å². The van der Waals surface area contributed by atoms with Crippen LogP contribution in [0.15, 0.2) is 59.5 Å². The summed E-state index contributed by atoms with van der Waals surface area (Å²) in [5, 5.41) is 2.51. The zero-order chi connectivity index (χ0) is 19.3. The average molecular weight is 426 g/mol. The van der Waals surface area contributed by atoms with Gasteiger partial charge in [-0.3, -0.25) is 9.69 Å². The lowest BCUT2D eigenvalue weighted by Gasteiger charge is -2.17. The van der Waals surface area contributed by atoms with Crippen LogP contribution < -0.4 is 14.4 Å². The van der Waals surface area contributed by atoms with E-state index in [1.54, 1.807) is 23.1 Å². The molecule has 0 bridgehead atoms. The highest BCUT2D eigenvalue weighted by Gasteiger charge is 2.34. The monoisotopic (exact) mass is 425 g/mol. The van der Waals surface area contributed by atoms with Crippen molar-refractivity contribution in [3.05, 3.63) is 70.1 Å². The van der Waals surface area contributed by atoms with Crippen LogP contribution >= 0.6 is 35.6 Å². The molecule has 1 fully saturated rings. The maximum absolute atomic E-state index is 13.2. The zero-order valence-electron chi connectivity index (χ0n) is 14.3. The summed E-state index contributed by atoms with van der Waals surface area (Å²) in [4.78, 5) is 15.3. The van der Waals surface area contributed by atoms with Crippen LogP contribution in [0.1, 0.15) is 5.56 Å². The minimum Gasteiger partial charge on any atom is -0.454 e. The third kappa shape index (κ3) is 2.85. The summed E-state index contributed by atoms with van der Waals surface area (Å²) in [5.41, 5.74) is 1.46. The smallest absolute Gasteiger partial charge is 0.270 e. The topological polar surface area (TPSA) is 38.8 Å². The number of carbonyl (C=O) groups excluding carboxylic acids is 1. The molecule has 1 saturated heterocycles. The lowest BCUT2D eigenvalue weighted by molar-refractivity contribution is -0.113. The Balaban J connectivity index is 1.56. The predicted molar refractivity (Wildman–Crippen MR) is 117 cm³/mol. The number of thiocarbonyl (C=S) groups is 1. The summed E-state index contributed by atoms with van der Waals surface area (Å²) in [5.74, 6) is 1.05. The van der Waals surface area contributed by atoms with Crippen LogP contribution in [0.2, 0.25) is 5.02 Å². The van der Waals surface area contributed by atoms with Gasteiger partial charge in [0, 0.05) is 11.5 Å². The molecule has 1 amide bonds. The molecule has 2 aliphatic rings. The summed E-state index contributed by atoms with van der Waals surface area (Å²) in [6.07, 6.45) is 1.74. The fourth-order valence-corrected chi connectivity index (χ4v) is 4.75. The Labute approximate surface area is 175 Å². The lowest BCUT2D eigenvalue weighted by Crippen LogP contribution is -2.27. The van der Waals surface area contributed by atoms with E-state index in [1.807, 2.05) is 42.5 Å². The van der Waals surface area contributed by atoms with Gasteiger partial charge in [0.05, 0.1) is 15.6 Å². The van der Waals surface area contributed by atoms with E-state index in [4.69, 9.17) is 33.3 Å². The first-order valence-corrected chi connectivity index (χ1v) is 10.1. The van der Waals surface area contributed by atoms with Crippen LogP contribution in [-0.2, 0) is 4.79 Å². The summed E-state index contributed by atoms with van der Waals surface area (Å²) in [6, 6.07) is 17.2. The van der Waals surface area contributed by atoms with E-state index in [9.17, 15) is 4.79 Å². The summed E-state index contributed by atoms with van der Waals surface area (Å²) < 4.78 is 11.2. The van der Waals surface area contributed by atoms with Gasteiger partial charge in [0.1, 0.15) is 0 Å². The number of halogens is 1. The van der Waals surface area contributed by atoms with E-state index < -0.39 is 0 Å². The van der Waals surface area contributed by atoms with Crippen LogP contribution in [0, 0.1) is 0 Å². The highest BCUT2D eigenvalue weighted by Crippen LogP contribution is 2.42. The molecule has 0 aliphatic carbocycles. The number of nitrogens with zero attached hydrogens (tertiary/aromatic N) is 1. The van der Waals surface area contributed by atoms with Crippen molar-refractivity contribution in [2.75, 3.05) is 11.7 Å². The zero-order valence-corrected chi connectivity index (χ0v) is 16.7. The number of benzene rings is 3. The number of amides is 1. The van der Waals surface area contributed by atoms with E-state index in [0.717, 1.165) is 16.5 Å². The fourth-order valence-electron chi connectivity index (χ4n) is 3.26. The van der Waals surface area contributed by atoms with Gasteiger partial charge in [-0.15, -0.1) is 0 Å². The lowest BCUT2D eigenvalue weighted by atomic mass is 10.1. The highest BCUT2D eigenvalue weighted by atomic mass is 35.5. The Hall–Kier alpha value is -2.54. The number of ether oxygens (including phenoxy) is 2. The predicted octanol–water partition coefficient (Wildman–Crippen LogP) is 5.63. The van der Waals surface area contributed by atoms with Crippen molar-refractivity contribution in [1.29, 1.82) is 0 Å². The standard InChI is InChI=1S/C21H12ClNO3S2/c22-15-10-18-17(25-11-26-18)8-13(15)9-19-20(24)23(21(27)28-19)16-7-3-5-12-4-1-2-6-14(12)16/h1-10H,11H2/b19-9+. The first kappa shape index (κ1) is 17.6. The van der Waals surface area contributed by atoms with E-state index >= 15 is 0 Å². The molecule has 138 valence electrons. The second-order valence-electron chi connectivity index (χ2n) is 6.24. The molecule has 2 heterocycles. The SMILES string of the molecule is O=C1/C(=C\c2cc3c(cc2Cl)OCO3)SC(=S)N1c1cccc2ccccc12. The summed E-state index contributed by atoms with van der Waals surface area (Å²) >= 11 is 13.1. The van der Waals surface area contributed by atoms with E-state index in [0.29, 0.717) is 31.3 Å². The average Bonchev–Trinajstić information content (AvgIpc) is 3.25. The van der Waals surface area contributed by atoms with Gasteiger partial charge in [0.15, 0.2) is 15.8 Å². The van der Waals surface area contributed by atoms with Gasteiger partial charge in [-0.05, 0) is 29.2 Å². The highest BCUT2D eigenvalue weighted by molar-refractivity contribution is 8.27. The van der Waals surface area contributed by atoms with Crippen LogP contribution in [0.25, 0.3) is 16.8 Å². The van der Waals surface area contributed by atoms with Crippen molar-refractivity contribution >= 4 is 68.3 Å². The molecule has 7 heteroatoms. The largest absolute Gasteiger partial charge is 0.454 e. The normalized spacial score (nSPS) is 17.2. The van der Waals surface area contributed by atoms with Crippen LogP contribution in [-0.4, -0.2) is 17.0 Å². The molecular formula is C21H12ClNO3S2.